The highest BCUT2D eigenvalue weighted by Gasteiger charge is 2.12. The Morgan fingerprint density at radius 3 is 2.42 bits per heavy atom. The van der Waals surface area contributed by atoms with Crippen LogP contribution in [0.3, 0.4) is 0 Å². The molecule has 1 aromatic carbocycles. The Morgan fingerprint density at radius 1 is 1.04 bits per heavy atom. The molecule has 0 bridgehead atoms. The van der Waals surface area contributed by atoms with Crippen LogP contribution in [0, 0.1) is 6.92 Å². The summed E-state index contributed by atoms with van der Waals surface area (Å²) in [5.74, 6) is 3.59. The summed E-state index contributed by atoms with van der Waals surface area (Å²) >= 11 is 0. The molecule has 3 aromatic rings. The molecule has 0 saturated heterocycles. The third-order valence-corrected chi connectivity index (χ3v) is 3.93. The summed E-state index contributed by atoms with van der Waals surface area (Å²) in [7, 11) is 2.00. The van der Waals surface area contributed by atoms with Gasteiger partial charge in [0.2, 0.25) is 11.7 Å². The number of aromatic nitrogens is 2. The van der Waals surface area contributed by atoms with Gasteiger partial charge in [-0.1, -0.05) is 43.3 Å². The molecule has 0 aliphatic heterocycles. The average Bonchev–Trinajstić information content (AvgIpc) is 3.16. The normalized spacial score (nSPS) is 11.6. The maximum Gasteiger partial charge on any atom is 0.241 e. The van der Waals surface area contributed by atoms with Crippen LogP contribution < -0.4 is 0 Å². The Kier molecular flexibility index (Phi) is 4.81. The highest BCUT2D eigenvalue weighted by atomic mass is 16.5. The third kappa shape index (κ3) is 3.92. The number of hydrogen-bond acceptors (Lipinski definition) is 5. The zero-order chi connectivity index (χ0) is 17.1. The first-order valence-corrected chi connectivity index (χ1v) is 8.18. The van der Waals surface area contributed by atoms with Gasteiger partial charge in [-0.05, 0) is 37.6 Å². The molecule has 0 radical (unpaired) electrons. The van der Waals surface area contributed by atoms with Crippen LogP contribution in [0.25, 0.3) is 11.4 Å². The quantitative estimate of drug-likeness (QED) is 0.672. The molecule has 5 nitrogen and oxygen atoms in total. The van der Waals surface area contributed by atoms with Gasteiger partial charge in [-0.25, -0.2) is 0 Å². The first kappa shape index (κ1) is 16.5. The van der Waals surface area contributed by atoms with Crippen LogP contribution in [0.5, 0.6) is 0 Å². The van der Waals surface area contributed by atoms with Gasteiger partial charge in [-0.2, -0.15) is 4.98 Å². The van der Waals surface area contributed by atoms with Crippen molar-refractivity contribution >= 4 is 0 Å². The lowest BCUT2D eigenvalue weighted by atomic mass is 10.0. The lowest BCUT2D eigenvalue weighted by molar-refractivity contribution is 0.243. The summed E-state index contributed by atoms with van der Waals surface area (Å²) in [6.07, 6.45) is 0. The Morgan fingerprint density at radius 2 is 1.79 bits per heavy atom. The average molecular weight is 325 g/mol. The van der Waals surface area contributed by atoms with E-state index in [0.29, 0.717) is 30.7 Å². The minimum Gasteiger partial charge on any atom is -0.465 e. The van der Waals surface area contributed by atoms with E-state index in [9.17, 15) is 0 Å². The fourth-order valence-electron chi connectivity index (χ4n) is 2.58. The van der Waals surface area contributed by atoms with Gasteiger partial charge in [0.1, 0.15) is 11.5 Å². The van der Waals surface area contributed by atoms with Crippen LogP contribution in [-0.2, 0) is 13.1 Å². The maximum absolute atomic E-state index is 5.59. The van der Waals surface area contributed by atoms with Crippen molar-refractivity contribution in [1.82, 2.24) is 15.0 Å². The van der Waals surface area contributed by atoms with E-state index in [1.54, 1.807) is 0 Å². The molecule has 0 atom stereocenters. The Bertz CT molecular complexity index is 787. The van der Waals surface area contributed by atoms with E-state index in [2.05, 4.69) is 41.0 Å². The second-order valence-corrected chi connectivity index (χ2v) is 6.47. The predicted octanol–water partition coefficient (Wildman–Crippen LogP) is 4.39. The van der Waals surface area contributed by atoms with E-state index in [4.69, 9.17) is 8.94 Å². The van der Waals surface area contributed by atoms with E-state index in [1.165, 1.54) is 5.56 Å². The van der Waals surface area contributed by atoms with Gasteiger partial charge in [-0.3, -0.25) is 4.90 Å². The number of rotatable bonds is 6. The molecule has 126 valence electrons. The van der Waals surface area contributed by atoms with Gasteiger partial charge in [0, 0.05) is 5.56 Å². The number of nitrogens with zero attached hydrogens (tertiary/aromatic N) is 3. The SMILES string of the molecule is Cc1ccc(CN(C)Cc2nc(-c3ccc(C(C)C)cc3)no2)o1. The molecule has 2 heterocycles. The van der Waals surface area contributed by atoms with Gasteiger partial charge >= 0.3 is 0 Å². The fraction of sp³-hybridized carbons (Fsp3) is 0.368. The molecule has 0 aliphatic carbocycles. The van der Waals surface area contributed by atoms with Crippen molar-refractivity contribution in [1.29, 1.82) is 0 Å². The smallest absolute Gasteiger partial charge is 0.241 e. The van der Waals surface area contributed by atoms with Crippen molar-refractivity contribution in [2.75, 3.05) is 7.05 Å². The van der Waals surface area contributed by atoms with Crippen molar-refractivity contribution in [2.24, 2.45) is 0 Å². The van der Waals surface area contributed by atoms with Gasteiger partial charge in [-0.15, -0.1) is 0 Å². The van der Waals surface area contributed by atoms with Crippen molar-refractivity contribution < 1.29 is 8.94 Å². The molecule has 0 amide bonds. The summed E-state index contributed by atoms with van der Waals surface area (Å²) in [6, 6.07) is 12.3. The van der Waals surface area contributed by atoms with Crippen LogP contribution in [0.2, 0.25) is 0 Å². The van der Waals surface area contributed by atoms with Crippen LogP contribution in [0.4, 0.5) is 0 Å². The molecular weight excluding hydrogens is 302 g/mol. The Balaban J connectivity index is 1.64. The Labute approximate surface area is 142 Å². The summed E-state index contributed by atoms with van der Waals surface area (Å²) in [5, 5.41) is 4.09. The lowest BCUT2D eigenvalue weighted by Crippen LogP contribution is -2.17. The molecule has 0 aliphatic rings. The highest BCUT2D eigenvalue weighted by Crippen LogP contribution is 2.21. The largest absolute Gasteiger partial charge is 0.465 e. The topological polar surface area (TPSA) is 55.3 Å². The fourth-order valence-corrected chi connectivity index (χ4v) is 2.58. The van der Waals surface area contributed by atoms with Crippen molar-refractivity contribution in [3.05, 3.63) is 59.4 Å². The second kappa shape index (κ2) is 7.01. The summed E-state index contributed by atoms with van der Waals surface area (Å²) < 4.78 is 11.0. The minimum absolute atomic E-state index is 0.513. The van der Waals surface area contributed by atoms with E-state index < -0.39 is 0 Å². The number of aryl methyl sites for hydroxylation is 1. The maximum atomic E-state index is 5.59. The molecule has 0 spiro atoms. The van der Waals surface area contributed by atoms with Gasteiger partial charge in [0.25, 0.3) is 0 Å². The third-order valence-electron chi connectivity index (χ3n) is 3.93. The first-order chi connectivity index (χ1) is 11.5. The van der Waals surface area contributed by atoms with Crippen LogP contribution >= 0.6 is 0 Å². The van der Waals surface area contributed by atoms with Crippen LogP contribution in [-0.4, -0.2) is 22.1 Å². The second-order valence-electron chi connectivity index (χ2n) is 6.47. The van der Waals surface area contributed by atoms with E-state index in [0.717, 1.165) is 17.1 Å². The van der Waals surface area contributed by atoms with E-state index >= 15 is 0 Å². The van der Waals surface area contributed by atoms with Gasteiger partial charge in [0.05, 0.1) is 13.1 Å². The summed E-state index contributed by atoms with van der Waals surface area (Å²) in [6.45, 7) is 7.58. The molecule has 24 heavy (non-hydrogen) atoms. The molecule has 0 fully saturated rings. The molecular formula is C19H23N3O2. The molecule has 0 saturated carbocycles. The van der Waals surface area contributed by atoms with Crippen molar-refractivity contribution in [3.63, 3.8) is 0 Å². The monoisotopic (exact) mass is 325 g/mol. The minimum atomic E-state index is 0.513. The summed E-state index contributed by atoms with van der Waals surface area (Å²) in [4.78, 5) is 6.57. The standard InChI is InChI=1S/C19H23N3O2/c1-13(2)15-6-8-16(9-7-15)19-20-18(24-21-19)12-22(4)11-17-10-5-14(3)23-17/h5-10,13H,11-12H2,1-4H3. The lowest BCUT2D eigenvalue weighted by Gasteiger charge is -2.11. The van der Waals surface area contributed by atoms with Crippen molar-refractivity contribution in [2.45, 2.75) is 39.8 Å². The molecule has 0 unspecified atom stereocenters. The van der Waals surface area contributed by atoms with Gasteiger partial charge in [0.15, 0.2) is 0 Å². The van der Waals surface area contributed by atoms with E-state index in [1.807, 2.05) is 38.2 Å². The highest BCUT2D eigenvalue weighted by molar-refractivity contribution is 5.54. The molecule has 0 N–H and O–H groups in total. The number of hydrogen-bond donors (Lipinski definition) is 0. The predicted molar refractivity (Wildman–Crippen MR) is 92.4 cm³/mol. The first-order valence-electron chi connectivity index (χ1n) is 8.18. The Hall–Kier alpha value is -2.40. The molecule has 3 rings (SSSR count). The molecule has 5 heteroatoms. The zero-order valence-electron chi connectivity index (χ0n) is 14.6. The van der Waals surface area contributed by atoms with Crippen molar-refractivity contribution in [3.8, 4) is 11.4 Å². The molecule has 2 aromatic heterocycles. The van der Waals surface area contributed by atoms with Crippen LogP contribution in [0.15, 0.2) is 45.3 Å². The number of furan rings is 1. The van der Waals surface area contributed by atoms with Crippen LogP contribution in [0.1, 0.15) is 42.7 Å². The summed E-state index contributed by atoms with van der Waals surface area (Å²) in [5.41, 5.74) is 2.27. The van der Waals surface area contributed by atoms with Gasteiger partial charge < -0.3 is 8.94 Å². The number of benzene rings is 1. The zero-order valence-corrected chi connectivity index (χ0v) is 14.6. The van der Waals surface area contributed by atoms with E-state index in [-0.39, 0.29) is 0 Å².